The molecule has 4 bridgehead atoms. The first-order valence-electron chi connectivity index (χ1n) is 20.6. The third kappa shape index (κ3) is 4.74. The SMILES string of the molecule is [2H]C([2H])([2H])Oc1c(C)cc2c(c1O)[C@@H]1[C@@H]3[C@H]4SC[C@@]5(NCCc6cc(O)c(OC)cc65)C(=O)OC[C@@H](c5c6c(c(C)c(OC(=O)C([2H])([2H])[2H])c54)OCO6)N3[C@@H](O)[C@H](C2)N1C. The van der Waals surface area contributed by atoms with E-state index in [0.717, 1.165) is 0 Å². The van der Waals surface area contributed by atoms with Crippen molar-refractivity contribution in [1.82, 2.24) is 15.1 Å². The molecule has 15 heteroatoms. The van der Waals surface area contributed by atoms with Crippen LogP contribution in [-0.4, -0.2) is 102 Å². The molecule has 3 aromatic rings. The first-order valence-corrected chi connectivity index (χ1v) is 18.7. The van der Waals surface area contributed by atoms with Crippen molar-refractivity contribution in [1.29, 1.82) is 0 Å². The van der Waals surface area contributed by atoms with Gasteiger partial charge < -0.3 is 43.7 Å². The Hall–Kier alpha value is -4.41. The van der Waals surface area contributed by atoms with Crippen molar-refractivity contribution in [2.24, 2.45) is 0 Å². The van der Waals surface area contributed by atoms with Gasteiger partial charge in [0, 0.05) is 51.6 Å². The molecule has 0 amide bonds. The van der Waals surface area contributed by atoms with Crippen LogP contribution in [0.1, 0.15) is 76.9 Å². The summed E-state index contributed by atoms with van der Waals surface area (Å²) in [4.78, 5) is 31.9. The molecule has 14 nitrogen and oxygen atoms in total. The number of benzene rings is 3. The number of fused-ring (bicyclic) bond motifs is 9. The van der Waals surface area contributed by atoms with Crippen LogP contribution in [0.4, 0.5) is 0 Å². The molecule has 7 heterocycles. The summed E-state index contributed by atoms with van der Waals surface area (Å²) in [5.41, 5.74) is 2.03. The van der Waals surface area contributed by atoms with Crippen LogP contribution in [0.2, 0.25) is 0 Å². The smallest absolute Gasteiger partial charge is 0.331 e. The number of aliphatic hydroxyl groups is 1. The number of hydrogen-bond acceptors (Lipinski definition) is 15. The highest BCUT2D eigenvalue weighted by atomic mass is 32.2. The van der Waals surface area contributed by atoms with E-state index in [-0.39, 0.29) is 71.4 Å². The van der Waals surface area contributed by atoms with Gasteiger partial charge in [-0.15, -0.1) is 11.8 Å². The Balaban J connectivity index is 1.32. The number of phenols is 2. The number of esters is 2. The molecule has 2 fully saturated rings. The summed E-state index contributed by atoms with van der Waals surface area (Å²) in [5, 5.41) is 38.0. The Morgan fingerprint density at radius 2 is 1.89 bits per heavy atom. The van der Waals surface area contributed by atoms with Crippen molar-refractivity contribution in [3.05, 3.63) is 62.7 Å². The summed E-state index contributed by atoms with van der Waals surface area (Å²) in [6.07, 6.45) is -0.545. The molecule has 0 unspecified atom stereocenters. The summed E-state index contributed by atoms with van der Waals surface area (Å²) < 4.78 is 82.6. The predicted octanol–water partition coefficient (Wildman–Crippen LogP) is 3.41. The number of aliphatic hydroxyl groups excluding tert-OH is 1. The van der Waals surface area contributed by atoms with Crippen molar-refractivity contribution < 1.29 is 61.6 Å². The highest BCUT2D eigenvalue weighted by molar-refractivity contribution is 7.99. The monoisotopic (exact) mass is 767 g/mol. The molecular formula is C39H43N3O11S. The van der Waals surface area contributed by atoms with Gasteiger partial charge in [0.2, 0.25) is 6.79 Å². The van der Waals surface area contributed by atoms with Crippen molar-refractivity contribution in [2.45, 2.75) is 74.7 Å². The van der Waals surface area contributed by atoms with Crippen LogP contribution in [0.25, 0.3) is 0 Å². The largest absolute Gasteiger partial charge is 0.504 e. The van der Waals surface area contributed by atoms with E-state index in [2.05, 4.69) is 5.32 Å². The molecule has 0 aliphatic carbocycles. The van der Waals surface area contributed by atoms with Gasteiger partial charge in [-0.05, 0) is 68.1 Å². The molecule has 10 rings (SSSR count). The second-order valence-corrected chi connectivity index (χ2v) is 15.8. The van der Waals surface area contributed by atoms with Gasteiger partial charge in [-0.3, -0.25) is 19.9 Å². The van der Waals surface area contributed by atoms with E-state index in [1.807, 2.05) is 9.80 Å². The number of carbonyl (C=O) groups is 2. The lowest BCUT2D eigenvalue weighted by Gasteiger charge is -2.62. The molecule has 0 radical (unpaired) electrons. The summed E-state index contributed by atoms with van der Waals surface area (Å²) in [5.74, 6) is -2.43. The minimum absolute atomic E-state index is 0.0534. The number of methoxy groups -OCH3 is 2. The van der Waals surface area contributed by atoms with Gasteiger partial charge in [-0.25, -0.2) is 4.79 Å². The number of carbonyl (C=O) groups excluding carboxylic acids is 2. The molecule has 286 valence electrons. The fourth-order valence-corrected chi connectivity index (χ4v) is 11.5. The highest BCUT2D eigenvalue weighted by Crippen LogP contribution is 2.64. The Morgan fingerprint density at radius 3 is 2.67 bits per heavy atom. The van der Waals surface area contributed by atoms with Crippen LogP contribution >= 0.6 is 11.8 Å². The number of aryl methyl sites for hydroxylation is 1. The fraction of sp³-hybridized carbons (Fsp3) is 0.487. The summed E-state index contributed by atoms with van der Waals surface area (Å²) in [6.45, 7) is -0.209. The first kappa shape index (κ1) is 29.0. The molecule has 0 saturated carbocycles. The topological polar surface area (TPSA) is 169 Å². The van der Waals surface area contributed by atoms with Gasteiger partial charge in [0.1, 0.15) is 18.6 Å². The number of rotatable bonds is 3. The van der Waals surface area contributed by atoms with E-state index < -0.39 is 67.0 Å². The van der Waals surface area contributed by atoms with Crippen LogP contribution in [0.5, 0.6) is 40.2 Å². The second kappa shape index (κ2) is 12.6. The van der Waals surface area contributed by atoms with Crippen molar-refractivity contribution in [2.75, 3.05) is 46.9 Å². The third-order valence-corrected chi connectivity index (χ3v) is 13.6. The van der Waals surface area contributed by atoms with Crippen molar-refractivity contribution in [3.8, 4) is 40.2 Å². The summed E-state index contributed by atoms with van der Waals surface area (Å²) in [7, 11) is 0.289. The van der Waals surface area contributed by atoms with Gasteiger partial charge in [-0.1, -0.05) is 6.07 Å². The molecule has 3 aromatic carbocycles. The van der Waals surface area contributed by atoms with E-state index in [1.54, 1.807) is 39.1 Å². The number of hydrogen-bond donors (Lipinski definition) is 4. The Kier molecular flexibility index (Phi) is 6.74. The van der Waals surface area contributed by atoms with E-state index >= 15 is 0 Å². The molecular weight excluding hydrogens is 719 g/mol. The van der Waals surface area contributed by atoms with Crippen LogP contribution in [0.15, 0.2) is 18.2 Å². The standard InChI is InChI=1S/C39H43N3O11S/c1-16-9-20-10-22-37(46)42-23-13-50-38(47)39(21-12-25(48-5)24(44)11-19(21)7-8-40-39)14-54-36(30(42)29(41(22)4)26(20)31(45)32(16)49-6)28-27(23)35-34(51-15-52-35)17(2)33(28)53-18(3)43/h9,11-12,22-23,29-30,36-37,40,44-46H,7-8,10,13-15H2,1-6H3/t22-,23-,29+,30+,36-,37-,39-/m0/s1/i3D3,6D3. The lowest BCUT2D eigenvalue weighted by molar-refractivity contribution is -0.186. The van der Waals surface area contributed by atoms with Crippen LogP contribution in [0, 0.1) is 13.8 Å². The maximum absolute atomic E-state index is 14.8. The summed E-state index contributed by atoms with van der Waals surface area (Å²) >= 11 is 1.25. The van der Waals surface area contributed by atoms with E-state index in [9.17, 15) is 24.9 Å². The quantitative estimate of drug-likeness (QED) is 0.226. The molecule has 0 aromatic heterocycles. The number of phenolic OH excluding ortho intramolecular Hbond substituents is 2. The number of nitrogens with zero attached hydrogens (tertiary/aromatic N) is 2. The number of thioether (sulfide) groups is 1. The van der Waals surface area contributed by atoms with Crippen LogP contribution in [-0.2, 0) is 32.7 Å². The zero-order chi connectivity index (χ0) is 43.0. The number of ether oxygens (including phenoxy) is 6. The zero-order valence-electron chi connectivity index (χ0n) is 35.8. The minimum atomic E-state index is -3.16. The van der Waals surface area contributed by atoms with E-state index in [0.29, 0.717) is 51.9 Å². The van der Waals surface area contributed by atoms with E-state index in [1.165, 1.54) is 18.9 Å². The fourth-order valence-electron chi connectivity index (χ4n) is 9.82. The number of piperazine rings is 1. The molecule has 7 atom stereocenters. The molecule has 2 saturated heterocycles. The second-order valence-electron chi connectivity index (χ2n) is 14.6. The van der Waals surface area contributed by atoms with Gasteiger partial charge in [0.05, 0.1) is 41.6 Å². The Morgan fingerprint density at radius 1 is 1.07 bits per heavy atom. The van der Waals surface area contributed by atoms with Crippen LogP contribution < -0.4 is 29.0 Å². The molecule has 4 N–H and O–H groups in total. The molecule has 7 aliphatic rings. The van der Waals surface area contributed by atoms with E-state index in [4.69, 9.17) is 36.6 Å². The number of likely N-dealkylation sites (N-methyl/N-ethyl adjacent to an activating group) is 1. The third-order valence-electron chi connectivity index (χ3n) is 12.1. The lowest BCUT2D eigenvalue weighted by Crippen LogP contribution is -2.70. The molecule has 1 spiro atoms. The maximum Gasteiger partial charge on any atom is 0.331 e. The Labute approximate surface area is 324 Å². The van der Waals surface area contributed by atoms with Crippen LogP contribution in [0.3, 0.4) is 0 Å². The molecule has 7 aliphatic heterocycles. The average Bonchev–Trinajstić information content (AvgIpc) is 3.67. The highest BCUT2D eigenvalue weighted by Gasteiger charge is 2.61. The zero-order valence-corrected chi connectivity index (χ0v) is 30.7. The first-order chi connectivity index (χ1) is 28.3. The predicted molar refractivity (Wildman–Crippen MR) is 195 cm³/mol. The maximum atomic E-state index is 14.8. The Bertz CT molecular complexity index is 2350. The number of aromatic hydroxyl groups is 2. The number of nitrogens with one attached hydrogen (secondary N) is 1. The van der Waals surface area contributed by atoms with Crippen molar-refractivity contribution >= 4 is 23.7 Å². The van der Waals surface area contributed by atoms with Gasteiger partial charge in [0.25, 0.3) is 0 Å². The van der Waals surface area contributed by atoms with Gasteiger partial charge in [0.15, 0.2) is 40.0 Å². The lowest BCUT2D eigenvalue weighted by atomic mass is 9.73. The van der Waals surface area contributed by atoms with Gasteiger partial charge >= 0.3 is 11.9 Å². The molecule has 54 heavy (non-hydrogen) atoms. The average molecular weight is 768 g/mol. The van der Waals surface area contributed by atoms with Crippen molar-refractivity contribution in [3.63, 3.8) is 0 Å². The summed E-state index contributed by atoms with van der Waals surface area (Å²) in [6, 6.07) is 1.57. The van der Waals surface area contributed by atoms with Gasteiger partial charge in [-0.2, -0.15) is 0 Å². The minimum Gasteiger partial charge on any atom is -0.504 e. The normalized spacial score (nSPS) is 31.5.